The molecule has 5 rings (SSSR count). The van der Waals surface area contributed by atoms with Gasteiger partial charge in [-0.1, -0.05) is 49.4 Å². The lowest BCUT2D eigenvalue weighted by Gasteiger charge is -2.34. The smallest absolute Gasteiger partial charge is 0.281 e. The summed E-state index contributed by atoms with van der Waals surface area (Å²) in [6.45, 7) is 9.40. The second-order valence-electron chi connectivity index (χ2n) is 11.4. The van der Waals surface area contributed by atoms with E-state index in [1.165, 1.54) is 18.2 Å². The number of nitrogen functional groups attached to an aromatic ring is 1. The fourth-order valence-electron chi connectivity index (χ4n) is 5.50. The normalized spacial score (nSPS) is 16.3. The maximum absolute atomic E-state index is 13.7. The zero-order valence-corrected chi connectivity index (χ0v) is 25.0. The molecule has 1 atom stereocenters. The number of sulfonamides is 1. The Hall–Kier alpha value is -4.44. The topological polar surface area (TPSA) is 128 Å². The maximum atomic E-state index is 13.7. The number of nitrogens with two attached hydrogens (primary N) is 1. The second-order valence-corrected chi connectivity index (χ2v) is 13.0. The van der Waals surface area contributed by atoms with Crippen LogP contribution in [0.15, 0.2) is 84.0 Å². The Balaban J connectivity index is 1.53. The van der Waals surface area contributed by atoms with Crippen molar-refractivity contribution in [1.29, 1.82) is 0 Å². The summed E-state index contributed by atoms with van der Waals surface area (Å²) in [5.74, 6) is 0.702. The summed E-state index contributed by atoms with van der Waals surface area (Å²) in [6.07, 6.45) is 2.63. The Morgan fingerprint density at radius 1 is 1.10 bits per heavy atom. The molecule has 1 amide bonds. The van der Waals surface area contributed by atoms with E-state index < -0.39 is 15.9 Å². The van der Waals surface area contributed by atoms with E-state index in [1.54, 1.807) is 12.3 Å². The first-order valence-corrected chi connectivity index (χ1v) is 15.3. The minimum Gasteiger partial charge on any atom is -0.489 e. The zero-order valence-electron chi connectivity index (χ0n) is 24.2. The summed E-state index contributed by atoms with van der Waals surface area (Å²) in [5.41, 5.74) is 9.05. The van der Waals surface area contributed by atoms with Crippen LogP contribution in [0.2, 0.25) is 0 Å². The molecule has 3 N–H and O–H groups in total. The van der Waals surface area contributed by atoms with Gasteiger partial charge in [0.25, 0.3) is 15.9 Å². The Morgan fingerprint density at radius 3 is 2.55 bits per heavy atom. The van der Waals surface area contributed by atoms with Gasteiger partial charge in [0.05, 0.1) is 5.56 Å². The molecule has 9 nitrogen and oxygen atoms in total. The van der Waals surface area contributed by atoms with E-state index in [-0.39, 0.29) is 21.9 Å². The van der Waals surface area contributed by atoms with Gasteiger partial charge in [-0.05, 0) is 80.1 Å². The molecular formula is C32H35N5O4S. The van der Waals surface area contributed by atoms with Crippen LogP contribution in [0.5, 0.6) is 5.75 Å². The van der Waals surface area contributed by atoms with Crippen molar-refractivity contribution in [2.24, 2.45) is 5.92 Å². The van der Waals surface area contributed by atoms with Gasteiger partial charge in [0.1, 0.15) is 24.0 Å². The van der Waals surface area contributed by atoms with Crippen molar-refractivity contribution in [3.05, 3.63) is 95.7 Å². The highest BCUT2D eigenvalue weighted by Gasteiger charge is 2.39. The molecule has 1 saturated heterocycles. The van der Waals surface area contributed by atoms with E-state index in [4.69, 9.17) is 15.5 Å². The quantitative estimate of drug-likeness (QED) is 0.283. The summed E-state index contributed by atoms with van der Waals surface area (Å²) >= 11 is 0. The number of ether oxygens (including phenoxy) is 1. The predicted octanol–water partition coefficient (Wildman–Crippen LogP) is 5.36. The number of hydrogen-bond acceptors (Lipinski definition) is 8. The molecule has 10 heteroatoms. The zero-order chi connectivity index (χ0) is 30.1. The number of benzene rings is 2. The van der Waals surface area contributed by atoms with Crippen molar-refractivity contribution >= 4 is 27.6 Å². The van der Waals surface area contributed by atoms with E-state index in [0.717, 1.165) is 23.1 Å². The largest absolute Gasteiger partial charge is 0.489 e. The van der Waals surface area contributed by atoms with Crippen LogP contribution in [-0.2, 0) is 16.6 Å². The molecule has 1 aliphatic rings. The van der Waals surface area contributed by atoms with Crippen LogP contribution in [-0.4, -0.2) is 36.4 Å². The highest BCUT2D eigenvalue weighted by molar-refractivity contribution is 7.90. The van der Waals surface area contributed by atoms with Crippen molar-refractivity contribution < 1.29 is 17.9 Å². The van der Waals surface area contributed by atoms with E-state index >= 15 is 0 Å². The number of carbonyl (C=O) groups is 1. The molecule has 0 aliphatic carbocycles. The SMILES string of the molecule is Cc1ccc(OCc2ccccc2)cc1-c1cnc(N2CC(C)CC2(C)C)c(C(=O)NS(=O)(=O)c2cccc(N)n2)c1. The number of nitrogens with zero attached hydrogens (tertiary/aromatic N) is 3. The van der Waals surface area contributed by atoms with Gasteiger partial charge in [-0.2, -0.15) is 8.42 Å². The van der Waals surface area contributed by atoms with Gasteiger partial charge < -0.3 is 15.4 Å². The van der Waals surface area contributed by atoms with Gasteiger partial charge >= 0.3 is 0 Å². The van der Waals surface area contributed by atoms with Crippen molar-refractivity contribution in [2.75, 3.05) is 17.2 Å². The lowest BCUT2D eigenvalue weighted by molar-refractivity contribution is 0.0981. The Kier molecular flexibility index (Phi) is 7.92. The minimum absolute atomic E-state index is 0.0346. The molecule has 42 heavy (non-hydrogen) atoms. The van der Waals surface area contributed by atoms with E-state index in [0.29, 0.717) is 36.2 Å². The molecule has 2 aromatic carbocycles. The summed E-state index contributed by atoms with van der Waals surface area (Å²) in [7, 11) is -4.29. The molecule has 1 unspecified atom stereocenters. The van der Waals surface area contributed by atoms with Crippen LogP contribution in [0, 0.1) is 12.8 Å². The average Bonchev–Trinajstić information content (AvgIpc) is 3.23. The Bertz CT molecular complexity index is 1720. The maximum Gasteiger partial charge on any atom is 0.281 e. The van der Waals surface area contributed by atoms with Gasteiger partial charge in [-0.3, -0.25) is 4.79 Å². The summed E-state index contributed by atoms with van der Waals surface area (Å²) < 4.78 is 34.5. The highest BCUT2D eigenvalue weighted by Crippen LogP contribution is 2.39. The summed E-state index contributed by atoms with van der Waals surface area (Å²) in [5, 5.41) is -0.337. The van der Waals surface area contributed by atoms with Gasteiger partial charge in [0.2, 0.25) is 0 Å². The molecule has 0 saturated carbocycles. The monoisotopic (exact) mass is 585 g/mol. The van der Waals surface area contributed by atoms with Crippen LogP contribution in [0.25, 0.3) is 11.1 Å². The standard InChI is InChI=1S/C32H35N5O4S/c1-21-17-32(3,4)37(19-21)30-27(31(38)36-42(39,40)29-12-8-11-28(33)35-29)15-24(18-34-30)26-16-25(14-13-22(26)2)41-20-23-9-6-5-7-10-23/h5-16,18,21H,17,19-20H2,1-4H3,(H2,33,35)(H,36,38). The number of pyridine rings is 2. The lowest BCUT2D eigenvalue weighted by Crippen LogP contribution is -2.41. The molecule has 0 radical (unpaired) electrons. The predicted molar refractivity (Wildman–Crippen MR) is 164 cm³/mol. The van der Waals surface area contributed by atoms with Crippen molar-refractivity contribution in [2.45, 2.75) is 51.3 Å². The van der Waals surface area contributed by atoms with Gasteiger partial charge in [-0.15, -0.1) is 0 Å². The number of anilines is 2. The van der Waals surface area contributed by atoms with E-state index in [9.17, 15) is 13.2 Å². The van der Waals surface area contributed by atoms with Crippen LogP contribution >= 0.6 is 0 Å². The van der Waals surface area contributed by atoms with Crippen molar-refractivity contribution in [1.82, 2.24) is 14.7 Å². The molecule has 218 valence electrons. The first-order chi connectivity index (χ1) is 19.9. The van der Waals surface area contributed by atoms with E-state index in [1.807, 2.05) is 55.5 Å². The Labute approximate surface area is 246 Å². The first-order valence-electron chi connectivity index (χ1n) is 13.8. The fraction of sp³-hybridized carbons (Fsp3) is 0.281. The number of carbonyl (C=O) groups excluding carboxylic acids is 1. The minimum atomic E-state index is -4.29. The van der Waals surface area contributed by atoms with Crippen molar-refractivity contribution in [3.63, 3.8) is 0 Å². The third kappa shape index (κ3) is 6.23. The van der Waals surface area contributed by atoms with Crippen LogP contribution in [0.1, 0.15) is 48.7 Å². The molecule has 2 aromatic heterocycles. The first kappa shape index (κ1) is 29.1. The van der Waals surface area contributed by atoms with Crippen molar-refractivity contribution in [3.8, 4) is 16.9 Å². The molecule has 1 fully saturated rings. The number of hydrogen-bond donors (Lipinski definition) is 2. The van der Waals surface area contributed by atoms with Crippen LogP contribution in [0.4, 0.5) is 11.6 Å². The van der Waals surface area contributed by atoms with Gasteiger partial charge in [0, 0.05) is 23.8 Å². The summed E-state index contributed by atoms with van der Waals surface area (Å²) in [6, 6.07) is 21.6. The molecule has 1 aliphatic heterocycles. The molecule has 0 bridgehead atoms. The second kappa shape index (κ2) is 11.4. The van der Waals surface area contributed by atoms with Gasteiger partial charge in [0.15, 0.2) is 5.03 Å². The number of rotatable bonds is 8. The summed E-state index contributed by atoms with van der Waals surface area (Å²) in [4.78, 5) is 24.5. The van der Waals surface area contributed by atoms with Crippen LogP contribution in [0.3, 0.4) is 0 Å². The third-order valence-electron chi connectivity index (χ3n) is 7.46. The Morgan fingerprint density at radius 2 is 1.86 bits per heavy atom. The van der Waals surface area contributed by atoms with Gasteiger partial charge in [-0.25, -0.2) is 14.7 Å². The molecule has 0 spiro atoms. The third-order valence-corrected chi connectivity index (χ3v) is 8.69. The molecule has 3 heterocycles. The number of aromatic nitrogens is 2. The number of nitrogens with one attached hydrogen (secondary N) is 1. The average molecular weight is 586 g/mol. The van der Waals surface area contributed by atoms with Crippen LogP contribution < -0.4 is 20.1 Å². The molecular weight excluding hydrogens is 550 g/mol. The number of aryl methyl sites for hydroxylation is 1. The number of amides is 1. The lowest BCUT2D eigenvalue weighted by atomic mass is 9.97. The van der Waals surface area contributed by atoms with E-state index in [2.05, 4.69) is 35.4 Å². The molecule has 4 aromatic rings. The fourth-order valence-corrected chi connectivity index (χ4v) is 6.44. The highest BCUT2D eigenvalue weighted by atomic mass is 32.2.